The van der Waals surface area contributed by atoms with Gasteiger partial charge < -0.3 is 10.4 Å². The second-order valence-corrected chi connectivity index (χ2v) is 6.90. The first kappa shape index (κ1) is 21.3. The summed E-state index contributed by atoms with van der Waals surface area (Å²) in [6, 6.07) is 9.75. The average molecular weight is 413 g/mol. The predicted octanol–water partition coefficient (Wildman–Crippen LogP) is 2.98. The van der Waals surface area contributed by atoms with Gasteiger partial charge in [0.1, 0.15) is 24.0 Å². The Bertz CT molecular complexity index is 1140. The van der Waals surface area contributed by atoms with E-state index < -0.39 is 29.6 Å². The van der Waals surface area contributed by atoms with Crippen molar-refractivity contribution in [2.45, 2.75) is 26.8 Å². The van der Waals surface area contributed by atoms with Gasteiger partial charge >= 0.3 is 0 Å². The Balaban J connectivity index is 2.02. The molecule has 1 aromatic heterocycles. The quantitative estimate of drug-likeness (QED) is 0.651. The molecule has 0 saturated carbocycles. The second-order valence-electron chi connectivity index (χ2n) is 6.90. The van der Waals surface area contributed by atoms with Gasteiger partial charge in [-0.1, -0.05) is 6.07 Å². The molecule has 156 valence electrons. The van der Waals surface area contributed by atoms with Gasteiger partial charge in [-0.3, -0.25) is 14.2 Å². The van der Waals surface area contributed by atoms with Gasteiger partial charge in [-0.2, -0.15) is 0 Å². The first-order valence-electron chi connectivity index (χ1n) is 9.33. The number of aromatic nitrogens is 2. The van der Waals surface area contributed by atoms with E-state index in [1.165, 1.54) is 36.4 Å². The Kier molecular flexibility index (Phi) is 6.37. The number of amides is 1. The van der Waals surface area contributed by atoms with Crippen molar-refractivity contribution in [1.82, 2.24) is 9.55 Å². The highest BCUT2D eigenvalue weighted by Crippen LogP contribution is 2.19. The fraction of sp³-hybridized carbons (Fsp3) is 0.227. The number of nitrogens with one attached hydrogen (secondary N) is 1. The first-order valence-corrected chi connectivity index (χ1v) is 9.33. The summed E-state index contributed by atoms with van der Waals surface area (Å²) in [7, 11) is 0. The van der Waals surface area contributed by atoms with Crippen molar-refractivity contribution < 1.29 is 18.7 Å². The van der Waals surface area contributed by atoms with Gasteiger partial charge in [0, 0.05) is 29.8 Å². The van der Waals surface area contributed by atoms with Crippen LogP contribution in [0.3, 0.4) is 0 Å². The highest BCUT2D eigenvalue weighted by molar-refractivity contribution is 5.91. The molecular weight excluding hydrogens is 392 g/mol. The lowest BCUT2D eigenvalue weighted by Gasteiger charge is -2.16. The molecule has 0 fully saturated rings. The molecule has 0 aliphatic rings. The minimum Gasteiger partial charge on any atom is -0.396 e. The maximum atomic E-state index is 14.1. The number of aliphatic hydroxyl groups is 1. The molecule has 1 heterocycles. The third-order valence-electron chi connectivity index (χ3n) is 4.63. The van der Waals surface area contributed by atoms with Crippen molar-refractivity contribution in [2.24, 2.45) is 0 Å². The molecule has 0 aliphatic heterocycles. The number of hydrogen-bond donors (Lipinski definition) is 2. The van der Waals surface area contributed by atoms with Gasteiger partial charge in [0.25, 0.3) is 5.56 Å². The van der Waals surface area contributed by atoms with Crippen LogP contribution in [0.15, 0.2) is 47.3 Å². The fourth-order valence-corrected chi connectivity index (χ4v) is 3.12. The molecule has 0 unspecified atom stereocenters. The smallest absolute Gasteiger partial charge is 0.257 e. The number of halogens is 2. The normalized spacial score (nSPS) is 10.8. The Morgan fingerprint density at radius 2 is 1.83 bits per heavy atom. The van der Waals surface area contributed by atoms with E-state index in [0.29, 0.717) is 16.8 Å². The van der Waals surface area contributed by atoms with E-state index in [9.17, 15) is 23.5 Å². The summed E-state index contributed by atoms with van der Waals surface area (Å²) < 4.78 is 28.5. The number of carbonyl (C=O) groups excluding carboxylic acids is 1. The molecule has 0 saturated heterocycles. The molecule has 1 amide bonds. The van der Waals surface area contributed by atoms with Crippen LogP contribution < -0.4 is 10.9 Å². The highest BCUT2D eigenvalue weighted by Gasteiger charge is 2.18. The van der Waals surface area contributed by atoms with Gasteiger partial charge in [-0.25, -0.2) is 13.8 Å². The van der Waals surface area contributed by atoms with Crippen LogP contribution in [0.2, 0.25) is 0 Å². The summed E-state index contributed by atoms with van der Waals surface area (Å²) in [4.78, 5) is 30.0. The molecule has 30 heavy (non-hydrogen) atoms. The number of anilines is 1. The van der Waals surface area contributed by atoms with Crippen LogP contribution in [0.4, 0.5) is 14.5 Å². The van der Waals surface area contributed by atoms with Crippen molar-refractivity contribution in [3.8, 4) is 11.4 Å². The van der Waals surface area contributed by atoms with Crippen molar-refractivity contribution in [2.75, 3.05) is 11.9 Å². The van der Waals surface area contributed by atoms with Crippen molar-refractivity contribution in [3.05, 3.63) is 81.3 Å². The van der Waals surface area contributed by atoms with E-state index in [4.69, 9.17) is 0 Å². The van der Waals surface area contributed by atoms with Gasteiger partial charge in [0.05, 0.1) is 5.69 Å². The summed E-state index contributed by atoms with van der Waals surface area (Å²) in [5.74, 6) is -1.48. The summed E-state index contributed by atoms with van der Waals surface area (Å²) >= 11 is 0. The van der Waals surface area contributed by atoms with Gasteiger partial charge in [-0.05, 0) is 55.8 Å². The third kappa shape index (κ3) is 4.60. The molecule has 0 bridgehead atoms. The summed E-state index contributed by atoms with van der Waals surface area (Å²) in [5.41, 5.74) is 1.35. The van der Waals surface area contributed by atoms with E-state index in [1.807, 2.05) is 0 Å². The number of hydrogen-bond acceptors (Lipinski definition) is 4. The molecular formula is C22H21F2N3O3. The van der Waals surface area contributed by atoms with Crippen LogP contribution in [0.1, 0.15) is 16.8 Å². The number of carbonyl (C=O) groups is 1. The molecule has 0 spiro atoms. The molecule has 0 radical (unpaired) electrons. The number of aryl methyl sites for hydroxylation is 2. The zero-order valence-corrected chi connectivity index (χ0v) is 16.6. The minimum atomic E-state index is -0.621. The molecule has 3 aromatic rings. The Hall–Kier alpha value is -3.39. The minimum absolute atomic E-state index is 0.00219. The van der Waals surface area contributed by atoms with Crippen LogP contribution in [-0.4, -0.2) is 27.2 Å². The molecule has 2 N–H and O–H groups in total. The van der Waals surface area contributed by atoms with E-state index in [0.717, 1.165) is 4.57 Å². The number of rotatable bonds is 6. The zero-order chi connectivity index (χ0) is 21.8. The standard InChI is InChI=1S/C22H21F2N3O3/c1-13-3-8-19(18(24)11-13)26-20(29)12-27-21(15-4-6-16(23)7-5-15)25-14(2)17(9-10-28)22(27)30/h3-8,11,28H,9-10,12H2,1-2H3,(H,26,29). The fourth-order valence-electron chi connectivity index (χ4n) is 3.12. The lowest BCUT2D eigenvalue weighted by molar-refractivity contribution is -0.116. The topological polar surface area (TPSA) is 84.2 Å². The summed E-state index contributed by atoms with van der Waals surface area (Å²) in [5, 5.41) is 11.7. The number of nitrogens with zero attached hydrogens (tertiary/aromatic N) is 2. The van der Waals surface area contributed by atoms with Gasteiger partial charge in [0.15, 0.2) is 0 Å². The molecule has 8 heteroatoms. The third-order valence-corrected chi connectivity index (χ3v) is 4.63. The Morgan fingerprint density at radius 3 is 2.47 bits per heavy atom. The van der Waals surface area contributed by atoms with Crippen LogP contribution >= 0.6 is 0 Å². The van der Waals surface area contributed by atoms with E-state index >= 15 is 0 Å². The van der Waals surface area contributed by atoms with Crippen LogP contribution in [0.5, 0.6) is 0 Å². The highest BCUT2D eigenvalue weighted by atomic mass is 19.1. The van der Waals surface area contributed by atoms with Crippen molar-refractivity contribution in [1.29, 1.82) is 0 Å². The molecule has 0 atom stereocenters. The molecule has 6 nitrogen and oxygen atoms in total. The predicted molar refractivity (Wildman–Crippen MR) is 109 cm³/mol. The van der Waals surface area contributed by atoms with Crippen molar-refractivity contribution in [3.63, 3.8) is 0 Å². The molecule has 2 aromatic carbocycles. The Labute approximate surface area is 171 Å². The number of benzene rings is 2. The molecule has 0 aliphatic carbocycles. The lowest BCUT2D eigenvalue weighted by atomic mass is 10.1. The maximum absolute atomic E-state index is 14.1. The summed E-state index contributed by atoms with van der Waals surface area (Å²) in [6.45, 7) is 2.67. The number of aliphatic hydroxyl groups excluding tert-OH is 1. The van der Waals surface area contributed by atoms with Gasteiger partial charge in [-0.15, -0.1) is 0 Å². The van der Waals surface area contributed by atoms with E-state index in [1.54, 1.807) is 19.9 Å². The second kappa shape index (κ2) is 8.96. The lowest BCUT2D eigenvalue weighted by Crippen LogP contribution is -2.33. The van der Waals surface area contributed by atoms with Crippen molar-refractivity contribution >= 4 is 11.6 Å². The maximum Gasteiger partial charge on any atom is 0.257 e. The zero-order valence-electron chi connectivity index (χ0n) is 16.6. The van der Waals surface area contributed by atoms with Crippen LogP contribution in [0, 0.1) is 25.5 Å². The van der Waals surface area contributed by atoms with E-state index in [2.05, 4.69) is 10.3 Å². The molecule has 3 rings (SSSR count). The average Bonchev–Trinajstić information content (AvgIpc) is 2.70. The summed E-state index contributed by atoms with van der Waals surface area (Å²) in [6.07, 6.45) is 0.0789. The van der Waals surface area contributed by atoms with E-state index in [-0.39, 0.29) is 30.1 Å². The van der Waals surface area contributed by atoms with Crippen LogP contribution in [-0.2, 0) is 17.8 Å². The largest absolute Gasteiger partial charge is 0.396 e. The SMILES string of the molecule is Cc1ccc(NC(=O)Cn2c(-c3ccc(F)cc3)nc(C)c(CCO)c2=O)c(F)c1. The Morgan fingerprint density at radius 1 is 1.13 bits per heavy atom. The monoisotopic (exact) mass is 413 g/mol. The van der Waals surface area contributed by atoms with Gasteiger partial charge in [0.2, 0.25) is 5.91 Å². The van der Waals surface area contributed by atoms with Crippen LogP contribution in [0.25, 0.3) is 11.4 Å². The first-order chi connectivity index (χ1) is 14.3.